The van der Waals surface area contributed by atoms with Crippen LogP contribution >= 0.6 is 0 Å². The van der Waals surface area contributed by atoms with Crippen molar-refractivity contribution in [3.05, 3.63) is 35.7 Å². The first-order chi connectivity index (χ1) is 10.2. The summed E-state index contributed by atoms with van der Waals surface area (Å²) < 4.78 is 10.4. The summed E-state index contributed by atoms with van der Waals surface area (Å²) in [5, 5.41) is 9.78. The number of hydrogen-bond donors (Lipinski definition) is 2. The van der Waals surface area contributed by atoms with Crippen molar-refractivity contribution < 1.29 is 14.3 Å². The van der Waals surface area contributed by atoms with Crippen LogP contribution < -0.4 is 14.8 Å². The fourth-order valence-corrected chi connectivity index (χ4v) is 2.15. The quantitative estimate of drug-likeness (QED) is 0.886. The molecular weight excluding hydrogens is 270 g/mol. The van der Waals surface area contributed by atoms with E-state index in [-0.39, 0.29) is 5.91 Å². The standard InChI is InChI=1S/C15H17N3O3/c1-20-10-5-6-14(21-2)12(7-10)16-15(19)13-8-11(17-18-13)9-3-4-9/h5-9H,3-4H2,1-2H3,(H,16,19)(H,17,18). The molecule has 0 unspecified atom stereocenters. The van der Waals surface area contributed by atoms with Crippen LogP contribution in [0.5, 0.6) is 11.5 Å². The fraction of sp³-hybridized carbons (Fsp3) is 0.333. The Hall–Kier alpha value is -2.50. The minimum atomic E-state index is -0.273. The highest BCUT2D eigenvalue weighted by Crippen LogP contribution is 2.39. The van der Waals surface area contributed by atoms with E-state index >= 15 is 0 Å². The molecule has 6 nitrogen and oxygen atoms in total. The second-order valence-electron chi connectivity index (χ2n) is 5.00. The number of ether oxygens (including phenoxy) is 2. The van der Waals surface area contributed by atoms with Crippen molar-refractivity contribution in [1.29, 1.82) is 0 Å². The van der Waals surface area contributed by atoms with Crippen molar-refractivity contribution in [2.45, 2.75) is 18.8 Å². The van der Waals surface area contributed by atoms with Gasteiger partial charge < -0.3 is 14.8 Å². The summed E-state index contributed by atoms with van der Waals surface area (Å²) in [5.74, 6) is 1.48. The van der Waals surface area contributed by atoms with E-state index in [4.69, 9.17) is 9.47 Å². The fourth-order valence-electron chi connectivity index (χ4n) is 2.15. The largest absolute Gasteiger partial charge is 0.497 e. The zero-order chi connectivity index (χ0) is 14.8. The second-order valence-corrected chi connectivity index (χ2v) is 5.00. The Morgan fingerprint density at radius 1 is 1.29 bits per heavy atom. The number of aromatic amines is 1. The lowest BCUT2D eigenvalue weighted by Gasteiger charge is -2.10. The molecule has 6 heteroatoms. The lowest BCUT2D eigenvalue weighted by atomic mass is 10.2. The topological polar surface area (TPSA) is 76.2 Å². The maximum atomic E-state index is 12.2. The molecule has 2 N–H and O–H groups in total. The van der Waals surface area contributed by atoms with E-state index in [0.717, 1.165) is 18.5 Å². The monoisotopic (exact) mass is 287 g/mol. The number of amides is 1. The number of nitrogens with zero attached hydrogens (tertiary/aromatic N) is 1. The number of H-pyrrole nitrogens is 1. The normalized spacial score (nSPS) is 13.8. The molecule has 1 heterocycles. The van der Waals surface area contributed by atoms with Gasteiger partial charge in [-0.1, -0.05) is 0 Å². The number of benzene rings is 1. The molecule has 110 valence electrons. The first kappa shape index (κ1) is 13.5. The van der Waals surface area contributed by atoms with Crippen molar-refractivity contribution in [3.63, 3.8) is 0 Å². The van der Waals surface area contributed by atoms with Gasteiger partial charge in [0.1, 0.15) is 11.5 Å². The molecule has 1 fully saturated rings. The van der Waals surface area contributed by atoms with Crippen LogP contribution in [0.3, 0.4) is 0 Å². The van der Waals surface area contributed by atoms with E-state index in [1.165, 1.54) is 0 Å². The van der Waals surface area contributed by atoms with Crippen LogP contribution in [-0.4, -0.2) is 30.3 Å². The van der Waals surface area contributed by atoms with Gasteiger partial charge in [-0.05, 0) is 31.0 Å². The van der Waals surface area contributed by atoms with Gasteiger partial charge in [-0.25, -0.2) is 0 Å². The number of aromatic nitrogens is 2. The summed E-state index contributed by atoms with van der Waals surface area (Å²) in [7, 11) is 3.13. The first-order valence-electron chi connectivity index (χ1n) is 6.80. The average molecular weight is 287 g/mol. The molecule has 3 rings (SSSR count). The van der Waals surface area contributed by atoms with Crippen LogP contribution in [0.4, 0.5) is 5.69 Å². The summed E-state index contributed by atoms with van der Waals surface area (Å²) in [6.07, 6.45) is 2.32. The van der Waals surface area contributed by atoms with Gasteiger partial charge in [0, 0.05) is 17.7 Å². The minimum Gasteiger partial charge on any atom is -0.497 e. The lowest BCUT2D eigenvalue weighted by molar-refractivity contribution is 0.102. The molecule has 1 amide bonds. The Bertz CT molecular complexity index is 662. The average Bonchev–Trinajstić information content (AvgIpc) is 3.24. The van der Waals surface area contributed by atoms with Crippen LogP contribution in [0.25, 0.3) is 0 Å². The van der Waals surface area contributed by atoms with Gasteiger partial charge in [0.25, 0.3) is 5.91 Å². The van der Waals surface area contributed by atoms with Gasteiger partial charge in [0.15, 0.2) is 5.69 Å². The van der Waals surface area contributed by atoms with Crippen LogP contribution in [0.1, 0.15) is 34.9 Å². The number of methoxy groups -OCH3 is 2. The molecule has 0 saturated heterocycles. The molecule has 21 heavy (non-hydrogen) atoms. The highest BCUT2D eigenvalue weighted by atomic mass is 16.5. The molecule has 1 aromatic carbocycles. The summed E-state index contributed by atoms with van der Waals surface area (Å²) in [6.45, 7) is 0. The van der Waals surface area contributed by atoms with E-state index in [2.05, 4.69) is 15.5 Å². The van der Waals surface area contributed by atoms with Crippen LogP contribution in [-0.2, 0) is 0 Å². The molecule has 1 aliphatic carbocycles. The van der Waals surface area contributed by atoms with Crippen molar-refractivity contribution in [1.82, 2.24) is 10.2 Å². The molecule has 0 bridgehead atoms. The number of hydrogen-bond acceptors (Lipinski definition) is 4. The van der Waals surface area contributed by atoms with Gasteiger partial charge in [-0.3, -0.25) is 9.89 Å². The van der Waals surface area contributed by atoms with Crippen molar-refractivity contribution in [3.8, 4) is 11.5 Å². The predicted octanol–water partition coefficient (Wildman–Crippen LogP) is 2.56. The SMILES string of the molecule is COc1ccc(OC)c(NC(=O)c2cc(C3CC3)[nH]n2)c1. The van der Waals surface area contributed by atoms with E-state index in [0.29, 0.717) is 28.8 Å². The van der Waals surface area contributed by atoms with E-state index in [9.17, 15) is 4.79 Å². The van der Waals surface area contributed by atoms with E-state index < -0.39 is 0 Å². The zero-order valence-electron chi connectivity index (χ0n) is 12.0. The van der Waals surface area contributed by atoms with Crippen molar-refractivity contribution in [2.75, 3.05) is 19.5 Å². The molecule has 0 radical (unpaired) electrons. The molecular formula is C15H17N3O3. The molecule has 0 atom stereocenters. The third kappa shape index (κ3) is 2.84. The first-order valence-corrected chi connectivity index (χ1v) is 6.80. The Labute approximate surface area is 122 Å². The smallest absolute Gasteiger partial charge is 0.276 e. The predicted molar refractivity (Wildman–Crippen MR) is 78.1 cm³/mol. The number of carbonyl (C=O) groups excluding carboxylic acids is 1. The van der Waals surface area contributed by atoms with Gasteiger partial charge in [0.05, 0.1) is 19.9 Å². The summed E-state index contributed by atoms with van der Waals surface area (Å²) in [6, 6.07) is 7.04. The van der Waals surface area contributed by atoms with Crippen LogP contribution in [0, 0.1) is 0 Å². The third-order valence-corrected chi connectivity index (χ3v) is 3.50. The maximum Gasteiger partial charge on any atom is 0.276 e. The van der Waals surface area contributed by atoms with Crippen molar-refractivity contribution in [2.24, 2.45) is 0 Å². The minimum absolute atomic E-state index is 0.273. The summed E-state index contributed by atoms with van der Waals surface area (Å²) >= 11 is 0. The Kier molecular flexibility index (Phi) is 3.51. The molecule has 2 aromatic rings. The number of anilines is 1. The Morgan fingerprint density at radius 2 is 2.10 bits per heavy atom. The maximum absolute atomic E-state index is 12.2. The summed E-state index contributed by atoms with van der Waals surface area (Å²) in [4.78, 5) is 12.2. The molecule has 1 aromatic heterocycles. The Balaban J connectivity index is 1.79. The molecule has 1 aliphatic rings. The third-order valence-electron chi connectivity index (χ3n) is 3.50. The van der Waals surface area contributed by atoms with Gasteiger partial charge in [0.2, 0.25) is 0 Å². The zero-order valence-corrected chi connectivity index (χ0v) is 12.0. The second kappa shape index (κ2) is 5.47. The van der Waals surface area contributed by atoms with Gasteiger partial charge in [-0.15, -0.1) is 0 Å². The summed E-state index contributed by atoms with van der Waals surface area (Å²) in [5.41, 5.74) is 1.96. The number of nitrogens with one attached hydrogen (secondary N) is 2. The lowest BCUT2D eigenvalue weighted by Crippen LogP contribution is -2.13. The highest BCUT2D eigenvalue weighted by Gasteiger charge is 2.26. The molecule has 0 aliphatic heterocycles. The number of carbonyl (C=O) groups is 1. The Morgan fingerprint density at radius 3 is 2.76 bits per heavy atom. The van der Waals surface area contributed by atoms with Gasteiger partial charge >= 0.3 is 0 Å². The molecule has 0 spiro atoms. The van der Waals surface area contributed by atoms with Crippen LogP contribution in [0.15, 0.2) is 24.3 Å². The number of rotatable bonds is 5. The van der Waals surface area contributed by atoms with Crippen LogP contribution in [0.2, 0.25) is 0 Å². The highest BCUT2D eigenvalue weighted by molar-refractivity contribution is 6.03. The van der Waals surface area contributed by atoms with E-state index in [1.54, 1.807) is 38.5 Å². The van der Waals surface area contributed by atoms with Crippen molar-refractivity contribution >= 4 is 11.6 Å². The van der Waals surface area contributed by atoms with Gasteiger partial charge in [-0.2, -0.15) is 5.10 Å². The molecule has 1 saturated carbocycles. The van der Waals surface area contributed by atoms with E-state index in [1.807, 2.05) is 0 Å².